The minimum Gasteiger partial charge on any atom is -0.347 e. The smallest absolute Gasteiger partial charge is 0.156 e. The molecule has 0 spiro atoms. The Morgan fingerprint density at radius 1 is 1.20 bits per heavy atom. The van der Waals surface area contributed by atoms with Crippen LogP contribution in [0.1, 0.15) is 18.6 Å². The summed E-state index contributed by atoms with van der Waals surface area (Å²) in [6.45, 7) is 5.69. The Morgan fingerprint density at radius 3 is 2.27 bits per heavy atom. The summed E-state index contributed by atoms with van der Waals surface area (Å²) in [5.41, 5.74) is 0.755. The molecule has 0 aromatic heterocycles. The Kier molecular flexibility index (Phi) is 3.21. The molecule has 0 aliphatic carbocycles. The summed E-state index contributed by atoms with van der Waals surface area (Å²) in [4.78, 5) is 0. The molecule has 2 nitrogen and oxygen atoms in total. The molecule has 2 rings (SSSR count). The van der Waals surface area contributed by atoms with Gasteiger partial charge >= 0.3 is 0 Å². The van der Waals surface area contributed by atoms with Gasteiger partial charge in [0.05, 0.1) is 6.10 Å². The van der Waals surface area contributed by atoms with Gasteiger partial charge in [-0.1, -0.05) is 29.3 Å². The highest BCUT2D eigenvalue weighted by Gasteiger charge is 2.34. The fourth-order valence-electron chi connectivity index (χ4n) is 1.68. The molecule has 1 saturated heterocycles. The maximum atomic E-state index is 6.07. The van der Waals surface area contributed by atoms with E-state index < -0.39 is 0 Å². The summed E-state index contributed by atoms with van der Waals surface area (Å²) in [5, 5.41) is 1.16. The second kappa shape index (κ2) is 4.30. The molecule has 4 heteroatoms. The number of rotatable bonds is 1. The fourth-order valence-corrected chi connectivity index (χ4v) is 2.29. The van der Waals surface area contributed by atoms with Gasteiger partial charge in [-0.25, -0.2) is 0 Å². The molecule has 1 fully saturated rings. The van der Waals surface area contributed by atoms with E-state index in [1.807, 2.05) is 6.92 Å². The maximum Gasteiger partial charge on any atom is 0.156 e. The first-order valence-electron chi connectivity index (χ1n) is 4.67. The van der Waals surface area contributed by atoms with Crippen molar-refractivity contribution in [1.82, 2.24) is 0 Å². The summed E-state index contributed by atoms with van der Waals surface area (Å²) in [5.74, 6) is 0. The van der Waals surface area contributed by atoms with Crippen molar-refractivity contribution in [3.63, 3.8) is 0 Å². The third kappa shape index (κ3) is 2.13. The van der Waals surface area contributed by atoms with E-state index in [-0.39, 0.29) is 18.5 Å². The summed E-state index contributed by atoms with van der Waals surface area (Å²) in [7, 11) is 0. The van der Waals surface area contributed by atoms with Crippen LogP contribution in [-0.2, 0) is 9.47 Å². The second-order valence-corrected chi connectivity index (χ2v) is 4.25. The van der Waals surface area contributed by atoms with Crippen molar-refractivity contribution in [2.24, 2.45) is 0 Å². The number of benzene rings is 1. The summed E-state index contributed by atoms with van der Waals surface area (Å²) < 4.78 is 11.0. The van der Waals surface area contributed by atoms with Crippen molar-refractivity contribution in [3.8, 4) is 0 Å². The van der Waals surface area contributed by atoms with Crippen molar-refractivity contribution in [2.45, 2.75) is 25.4 Å². The van der Waals surface area contributed by atoms with E-state index in [0.717, 1.165) is 5.56 Å². The topological polar surface area (TPSA) is 18.5 Å². The van der Waals surface area contributed by atoms with Gasteiger partial charge in [0.1, 0.15) is 6.10 Å². The summed E-state index contributed by atoms with van der Waals surface area (Å²) in [6.07, 6.45) is -0.844. The minimum atomic E-state index is -0.291. The molecule has 81 valence electrons. The van der Waals surface area contributed by atoms with Crippen LogP contribution in [0.4, 0.5) is 0 Å². The number of hydrogen-bond donors (Lipinski definition) is 0. The maximum absolute atomic E-state index is 6.07. The predicted molar refractivity (Wildman–Crippen MR) is 60.0 cm³/mol. The van der Waals surface area contributed by atoms with Crippen LogP contribution in [-0.4, -0.2) is 12.4 Å². The van der Waals surface area contributed by atoms with Crippen molar-refractivity contribution in [3.05, 3.63) is 40.7 Å². The van der Waals surface area contributed by atoms with Crippen LogP contribution < -0.4 is 0 Å². The first-order chi connectivity index (χ1) is 7.09. The monoisotopic (exact) mass is 245 g/mol. The zero-order valence-electron chi connectivity index (χ0n) is 8.24. The lowest BCUT2D eigenvalue weighted by Crippen LogP contribution is -2.11. The van der Waals surface area contributed by atoms with Crippen molar-refractivity contribution in [2.75, 3.05) is 0 Å². The summed E-state index contributed by atoms with van der Waals surface area (Å²) >= 11 is 12.1. The van der Waals surface area contributed by atoms with Crippen LogP contribution in [0.25, 0.3) is 0 Å². The Morgan fingerprint density at radius 2 is 1.80 bits per heavy atom. The molecule has 0 N–H and O–H groups in total. The molecule has 1 aliphatic heterocycles. The highest BCUT2D eigenvalue weighted by atomic mass is 35.5. The van der Waals surface area contributed by atoms with E-state index in [9.17, 15) is 0 Å². The third-order valence-electron chi connectivity index (χ3n) is 2.33. The molecule has 1 aromatic rings. The molecule has 3 unspecified atom stereocenters. The average Bonchev–Trinajstić information content (AvgIpc) is 2.45. The Balaban J connectivity index is 2.37. The predicted octanol–water partition coefficient (Wildman–Crippen LogP) is 3.63. The molecular weight excluding hydrogens is 235 g/mol. The number of hydrogen-bond acceptors (Lipinski definition) is 2. The van der Waals surface area contributed by atoms with Gasteiger partial charge < -0.3 is 9.47 Å². The fraction of sp³-hybridized carbons (Fsp3) is 0.364. The van der Waals surface area contributed by atoms with E-state index in [1.54, 1.807) is 18.2 Å². The molecule has 0 amide bonds. The summed E-state index contributed by atoms with van der Waals surface area (Å²) in [6, 6.07) is 5.36. The van der Waals surface area contributed by atoms with Gasteiger partial charge in [-0.05, 0) is 26.0 Å². The Hall–Kier alpha value is -0.280. The highest BCUT2D eigenvalue weighted by Crippen LogP contribution is 2.39. The normalized spacial score (nSPS) is 30.8. The second-order valence-electron chi connectivity index (χ2n) is 3.43. The quantitative estimate of drug-likeness (QED) is 0.753. The first-order valence-corrected chi connectivity index (χ1v) is 5.43. The van der Waals surface area contributed by atoms with Gasteiger partial charge in [-0.3, -0.25) is 0 Å². The van der Waals surface area contributed by atoms with E-state index >= 15 is 0 Å². The van der Waals surface area contributed by atoms with Crippen LogP contribution in [0.3, 0.4) is 0 Å². The Labute approximate surface area is 99.1 Å². The van der Waals surface area contributed by atoms with Gasteiger partial charge in [0.15, 0.2) is 6.29 Å². The highest BCUT2D eigenvalue weighted by molar-refractivity contribution is 6.36. The lowest BCUT2D eigenvalue weighted by molar-refractivity contribution is -0.0474. The van der Waals surface area contributed by atoms with Gasteiger partial charge in [0.2, 0.25) is 0 Å². The van der Waals surface area contributed by atoms with Gasteiger partial charge in [-0.15, -0.1) is 0 Å². The van der Waals surface area contributed by atoms with Crippen LogP contribution in [0.5, 0.6) is 0 Å². The lowest BCUT2D eigenvalue weighted by Gasteiger charge is -2.16. The molecule has 0 saturated carbocycles. The molecule has 15 heavy (non-hydrogen) atoms. The third-order valence-corrected chi connectivity index (χ3v) is 2.99. The van der Waals surface area contributed by atoms with Crippen molar-refractivity contribution < 1.29 is 9.47 Å². The van der Waals surface area contributed by atoms with Crippen LogP contribution in [0, 0.1) is 6.92 Å². The molecule has 3 atom stereocenters. The molecule has 1 aliphatic rings. The first kappa shape index (κ1) is 11.2. The molecule has 0 bridgehead atoms. The lowest BCUT2D eigenvalue weighted by atomic mass is 10.1. The van der Waals surface area contributed by atoms with E-state index in [2.05, 4.69) is 6.92 Å². The molecule has 1 heterocycles. The van der Waals surface area contributed by atoms with Gasteiger partial charge in [0, 0.05) is 15.6 Å². The number of ether oxygens (including phenoxy) is 2. The van der Waals surface area contributed by atoms with Crippen LogP contribution >= 0.6 is 23.2 Å². The van der Waals surface area contributed by atoms with E-state index in [1.165, 1.54) is 0 Å². The zero-order valence-corrected chi connectivity index (χ0v) is 9.76. The largest absolute Gasteiger partial charge is 0.347 e. The number of halogens is 2. The average molecular weight is 246 g/mol. The minimum absolute atomic E-state index is 0.273. The van der Waals surface area contributed by atoms with Crippen LogP contribution in [0.2, 0.25) is 10.0 Å². The van der Waals surface area contributed by atoms with Gasteiger partial charge in [0.25, 0.3) is 0 Å². The van der Waals surface area contributed by atoms with Crippen LogP contribution in [0.15, 0.2) is 18.2 Å². The van der Waals surface area contributed by atoms with Crippen molar-refractivity contribution in [1.29, 1.82) is 0 Å². The SMILES string of the molecule is [CH2]C1OC(C)OC1c1c(Cl)cccc1Cl. The molecule has 1 radical (unpaired) electrons. The van der Waals surface area contributed by atoms with Crippen molar-refractivity contribution >= 4 is 23.2 Å². The standard InChI is InChI=1S/C11H11Cl2O2/c1-6-11(15-7(2)14-6)10-8(12)4-3-5-9(10)13/h3-7,11H,1H2,2H3. The molecular formula is C11H11Cl2O2. The van der Waals surface area contributed by atoms with Gasteiger partial charge in [-0.2, -0.15) is 0 Å². The molecule has 1 aromatic carbocycles. The Bertz CT molecular complexity index is 347. The van der Waals surface area contributed by atoms with E-state index in [4.69, 9.17) is 32.7 Å². The zero-order chi connectivity index (χ0) is 11.0. The van der Waals surface area contributed by atoms with E-state index in [0.29, 0.717) is 10.0 Å².